The van der Waals surface area contributed by atoms with E-state index in [9.17, 15) is 9.90 Å². The Hall–Kier alpha value is -2.35. The first-order valence-electron chi connectivity index (χ1n) is 7.65. The Morgan fingerprint density at radius 2 is 1.41 bits per heavy atom. The van der Waals surface area contributed by atoms with Crippen molar-refractivity contribution in [3.05, 3.63) is 65.7 Å². The number of allylic oxidation sites excluding steroid dienone is 1. The first-order chi connectivity index (χ1) is 10.5. The standard InChI is InChI=1S/C20H18O2/c1-20(2)17(18(20)19(21)22)11-16-14-9-5-3-7-12(14)13-8-4-6-10-15(13)16/h3-11,17-18H,1-2H3,(H,21,22). The molecule has 2 unspecified atom stereocenters. The van der Waals surface area contributed by atoms with Crippen molar-refractivity contribution in [3.63, 3.8) is 0 Å². The molecular formula is C20H18O2. The Morgan fingerprint density at radius 3 is 1.82 bits per heavy atom. The molecule has 0 radical (unpaired) electrons. The van der Waals surface area contributed by atoms with Gasteiger partial charge in [0.2, 0.25) is 0 Å². The normalized spacial score (nSPS) is 23.6. The third-order valence-electron chi connectivity index (χ3n) is 5.25. The van der Waals surface area contributed by atoms with Gasteiger partial charge in [0.25, 0.3) is 0 Å². The van der Waals surface area contributed by atoms with Crippen LogP contribution in [0.1, 0.15) is 25.0 Å². The molecule has 4 rings (SSSR count). The van der Waals surface area contributed by atoms with E-state index in [4.69, 9.17) is 0 Å². The first kappa shape index (κ1) is 13.3. The maximum atomic E-state index is 11.4. The fourth-order valence-corrected chi connectivity index (χ4v) is 3.87. The Labute approximate surface area is 130 Å². The van der Waals surface area contributed by atoms with Crippen LogP contribution in [-0.4, -0.2) is 11.1 Å². The van der Waals surface area contributed by atoms with E-state index in [0.29, 0.717) is 0 Å². The SMILES string of the molecule is CC1(C)C(C=C2c3ccccc3-c3ccccc32)C1C(=O)O. The first-order valence-corrected chi connectivity index (χ1v) is 7.65. The number of carboxylic acid groups (broad SMARTS) is 1. The van der Waals surface area contributed by atoms with Crippen molar-refractivity contribution in [3.8, 4) is 11.1 Å². The lowest BCUT2D eigenvalue weighted by atomic mass is 10.0. The predicted molar refractivity (Wildman–Crippen MR) is 87.4 cm³/mol. The van der Waals surface area contributed by atoms with Crippen molar-refractivity contribution in [1.29, 1.82) is 0 Å². The van der Waals surface area contributed by atoms with E-state index < -0.39 is 5.97 Å². The average molecular weight is 290 g/mol. The van der Waals surface area contributed by atoms with E-state index in [2.05, 4.69) is 42.5 Å². The molecule has 0 bridgehead atoms. The third-order valence-corrected chi connectivity index (χ3v) is 5.25. The fourth-order valence-electron chi connectivity index (χ4n) is 3.87. The summed E-state index contributed by atoms with van der Waals surface area (Å²) in [5.41, 5.74) is 5.95. The van der Waals surface area contributed by atoms with Crippen molar-refractivity contribution in [2.75, 3.05) is 0 Å². The molecule has 0 saturated heterocycles. The number of carboxylic acids is 1. The molecule has 0 amide bonds. The van der Waals surface area contributed by atoms with Crippen molar-refractivity contribution >= 4 is 11.5 Å². The van der Waals surface area contributed by atoms with Gasteiger partial charge in [-0.2, -0.15) is 0 Å². The van der Waals surface area contributed by atoms with Crippen LogP contribution in [0.4, 0.5) is 0 Å². The summed E-state index contributed by atoms with van der Waals surface area (Å²) in [4.78, 5) is 11.4. The van der Waals surface area contributed by atoms with E-state index in [-0.39, 0.29) is 17.3 Å². The maximum Gasteiger partial charge on any atom is 0.307 e. The average Bonchev–Trinajstić information content (AvgIpc) is 2.90. The molecule has 0 aromatic heterocycles. The number of rotatable bonds is 2. The van der Waals surface area contributed by atoms with Crippen LogP contribution < -0.4 is 0 Å². The van der Waals surface area contributed by atoms with Gasteiger partial charge in [0.15, 0.2) is 0 Å². The third kappa shape index (κ3) is 1.70. The molecule has 2 aromatic carbocycles. The molecule has 22 heavy (non-hydrogen) atoms. The second kappa shape index (κ2) is 4.33. The van der Waals surface area contributed by atoms with E-state index >= 15 is 0 Å². The highest BCUT2D eigenvalue weighted by Crippen LogP contribution is 2.60. The summed E-state index contributed by atoms with van der Waals surface area (Å²) in [6, 6.07) is 16.7. The van der Waals surface area contributed by atoms with Crippen molar-refractivity contribution < 1.29 is 9.90 Å². The van der Waals surface area contributed by atoms with Gasteiger partial charge in [0, 0.05) is 0 Å². The molecule has 2 atom stereocenters. The van der Waals surface area contributed by atoms with Gasteiger partial charge in [-0.25, -0.2) is 0 Å². The molecule has 2 heteroatoms. The van der Waals surface area contributed by atoms with Gasteiger partial charge in [-0.05, 0) is 39.2 Å². The van der Waals surface area contributed by atoms with E-state index in [1.807, 2.05) is 26.0 Å². The predicted octanol–water partition coefficient (Wildman–Crippen LogP) is 4.46. The minimum absolute atomic E-state index is 0.0965. The summed E-state index contributed by atoms with van der Waals surface area (Å²) < 4.78 is 0. The second-order valence-electron chi connectivity index (χ2n) is 6.83. The summed E-state index contributed by atoms with van der Waals surface area (Å²) in [5.74, 6) is -0.870. The minimum atomic E-state index is -0.689. The molecule has 0 aliphatic heterocycles. The molecular weight excluding hydrogens is 272 g/mol. The summed E-state index contributed by atoms with van der Waals surface area (Å²) >= 11 is 0. The molecule has 2 aliphatic carbocycles. The van der Waals surface area contributed by atoms with Crippen LogP contribution >= 0.6 is 0 Å². The quantitative estimate of drug-likeness (QED) is 0.756. The van der Waals surface area contributed by atoms with Crippen molar-refractivity contribution in [2.45, 2.75) is 13.8 Å². The number of benzene rings is 2. The highest BCUT2D eigenvalue weighted by molar-refractivity contribution is 6.01. The smallest absolute Gasteiger partial charge is 0.307 e. The van der Waals surface area contributed by atoms with Gasteiger partial charge in [-0.1, -0.05) is 68.5 Å². The molecule has 1 saturated carbocycles. The van der Waals surface area contributed by atoms with Gasteiger partial charge in [-0.3, -0.25) is 4.79 Å². The van der Waals surface area contributed by atoms with Crippen LogP contribution in [0.3, 0.4) is 0 Å². The Balaban J connectivity index is 1.86. The Bertz CT molecular complexity index is 766. The van der Waals surface area contributed by atoms with Crippen LogP contribution in [0.15, 0.2) is 54.6 Å². The van der Waals surface area contributed by atoms with E-state index in [1.165, 1.54) is 27.8 Å². The summed E-state index contributed by atoms with van der Waals surface area (Å²) in [6.07, 6.45) is 2.18. The largest absolute Gasteiger partial charge is 0.481 e. The zero-order valence-electron chi connectivity index (χ0n) is 12.7. The summed E-state index contributed by atoms with van der Waals surface area (Å²) in [7, 11) is 0. The minimum Gasteiger partial charge on any atom is -0.481 e. The molecule has 0 heterocycles. The second-order valence-corrected chi connectivity index (χ2v) is 6.83. The van der Waals surface area contributed by atoms with Gasteiger partial charge in [0.1, 0.15) is 0 Å². The summed E-state index contributed by atoms with van der Waals surface area (Å²) in [5, 5.41) is 9.39. The van der Waals surface area contributed by atoms with Crippen molar-refractivity contribution in [1.82, 2.24) is 0 Å². The van der Waals surface area contributed by atoms with Gasteiger partial charge in [0.05, 0.1) is 5.92 Å². The van der Waals surface area contributed by atoms with E-state index in [0.717, 1.165) is 0 Å². The number of hydrogen-bond donors (Lipinski definition) is 1. The number of carbonyl (C=O) groups is 1. The molecule has 2 aliphatic rings. The van der Waals surface area contributed by atoms with Gasteiger partial charge in [-0.15, -0.1) is 0 Å². The molecule has 1 fully saturated rings. The monoisotopic (exact) mass is 290 g/mol. The van der Waals surface area contributed by atoms with Crippen LogP contribution in [0, 0.1) is 17.3 Å². The molecule has 2 aromatic rings. The maximum absolute atomic E-state index is 11.4. The highest BCUT2D eigenvalue weighted by atomic mass is 16.4. The zero-order chi connectivity index (χ0) is 15.5. The van der Waals surface area contributed by atoms with Gasteiger partial charge >= 0.3 is 5.97 Å². The molecule has 2 nitrogen and oxygen atoms in total. The van der Waals surface area contributed by atoms with Crippen LogP contribution in [0.5, 0.6) is 0 Å². The fraction of sp³-hybridized carbons (Fsp3) is 0.250. The Kier molecular flexibility index (Phi) is 2.62. The van der Waals surface area contributed by atoms with E-state index in [1.54, 1.807) is 0 Å². The lowest BCUT2D eigenvalue weighted by Gasteiger charge is -2.03. The zero-order valence-corrected chi connectivity index (χ0v) is 12.7. The molecule has 0 spiro atoms. The Morgan fingerprint density at radius 1 is 0.955 bits per heavy atom. The molecule has 110 valence electrons. The van der Waals surface area contributed by atoms with Crippen LogP contribution in [0.2, 0.25) is 0 Å². The van der Waals surface area contributed by atoms with Crippen LogP contribution in [0.25, 0.3) is 16.7 Å². The van der Waals surface area contributed by atoms with Crippen LogP contribution in [-0.2, 0) is 4.79 Å². The number of hydrogen-bond acceptors (Lipinski definition) is 1. The number of fused-ring (bicyclic) bond motifs is 3. The lowest BCUT2D eigenvalue weighted by molar-refractivity contribution is -0.139. The summed E-state index contributed by atoms with van der Waals surface area (Å²) in [6.45, 7) is 4.08. The van der Waals surface area contributed by atoms with Gasteiger partial charge < -0.3 is 5.11 Å². The van der Waals surface area contributed by atoms with Crippen molar-refractivity contribution in [2.24, 2.45) is 17.3 Å². The highest BCUT2D eigenvalue weighted by Gasteiger charge is 2.61. The number of aliphatic carboxylic acids is 1. The topological polar surface area (TPSA) is 37.3 Å². The molecule has 1 N–H and O–H groups in total. The lowest BCUT2D eigenvalue weighted by Crippen LogP contribution is -2.03.